The zero-order valence-electron chi connectivity index (χ0n) is 12.8. The van der Waals surface area contributed by atoms with E-state index in [9.17, 15) is 8.78 Å². The highest BCUT2D eigenvalue weighted by Crippen LogP contribution is 2.19. The summed E-state index contributed by atoms with van der Waals surface area (Å²) in [5, 5.41) is 6.20. The van der Waals surface area contributed by atoms with Crippen molar-refractivity contribution >= 4 is 17.3 Å². The molecule has 6 heteroatoms. The number of hydrogen-bond donors (Lipinski definition) is 2. The first kappa shape index (κ1) is 16.1. The maximum absolute atomic E-state index is 13.2. The van der Waals surface area contributed by atoms with Crippen molar-refractivity contribution in [3.63, 3.8) is 0 Å². The van der Waals surface area contributed by atoms with Crippen molar-refractivity contribution in [2.75, 3.05) is 17.2 Å². The molecule has 4 nitrogen and oxygen atoms in total. The van der Waals surface area contributed by atoms with E-state index in [2.05, 4.69) is 27.5 Å². The van der Waals surface area contributed by atoms with Crippen LogP contribution in [0.25, 0.3) is 0 Å². The predicted octanol–water partition coefficient (Wildman–Crippen LogP) is 4.41. The topological polar surface area (TPSA) is 49.8 Å². The van der Waals surface area contributed by atoms with Gasteiger partial charge in [0.15, 0.2) is 11.6 Å². The van der Waals surface area contributed by atoms with Crippen LogP contribution in [-0.4, -0.2) is 16.5 Å². The lowest BCUT2D eigenvalue weighted by Gasteiger charge is -2.10. The number of hydrogen-bond acceptors (Lipinski definition) is 4. The summed E-state index contributed by atoms with van der Waals surface area (Å²) in [6.07, 6.45) is 3.40. The van der Waals surface area contributed by atoms with Crippen molar-refractivity contribution in [2.24, 2.45) is 0 Å². The molecule has 0 bridgehead atoms. The van der Waals surface area contributed by atoms with Gasteiger partial charge < -0.3 is 10.6 Å². The summed E-state index contributed by atoms with van der Waals surface area (Å²) < 4.78 is 26.1. The molecule has 22 heavy (non-hydrogen) atoms. The molecule has 0 aliphatic carbocycles. The summed E-state index contributed by atoms with van der Waals surface area (Å²) in [6, 6.07) is 5.39. The molecular weight excluding hydrogens is 286 g/mol. The predicted molar refractivity (Wildman–Crippen MR) is 84.4 cm³/mol. The first-order chi connectivity index (χ1) is 10.6. The summed E-state index contributed by atoms with van der Waals surface area (Å²) in [5.74, 6) is 0.0900. The first-order valence-electron chi connectivity index (χ1n) is 7.40. The highest BCUT2D eigenvalue weighted by Gasteiger charge is 2.05. The van der Waals surface area contributed by atoms with Gasteiger partial charge in [0.05, 0.1) is 0 Å². The van der Waals surface area contributed by atoms with Gasteiger partial charge in [-0.2, -0.15) is 0 Å². The molecule has 1 heterocycles. The molecule has 0 saturated heterocycles. The summed E-state index contributed by atoms with van der Waals surface area (Å²) >= 11 is 0. The standard InChI is InChI=1S/C16H20F2N4/c1-3-4-5-8-19-15-10-16(21-11(2)20-15)22-12-6-7-13(17)14(18)9-12/h6-7,9-10H,3-5,8H2,1-2H3,(H2,19,20,21,22). The molecule has 0 atom stereocenters. The van der Waals surface area contributed by atoms with Gasteiger partial charge in [0.2, 0.25) is 0 Å². The molecule has 0 radical (unpaired) electrons. The normalized spacial score (nSPS) is 10.5. The molecule has 0 aliphatic heterocycles. The lowest BCUT2D eigenvalue weighted by Crippen LogP contribution is -2.06. The van der Waals surface area contributed by atoms with Crippen LogP contribution in [0.15, 0.2) is 24.3 Å². The van der Waals surface area contributed by atoms with E-state index in [0.717, 1.165) is 37.9 Å². The van der Waals surface area contributed by atoms with E-state index in [-0.39, 0.29) is 0 Å². The van der Waals surface area contributed by atoms with Gasteiger partial charge >= 0.3 is 0 Å². The van der Waals surface area contributed by atoms with Crippen LogP contribution in [0.1, 0.15) is 32.0 Å². The Bertz CT molecular complexity index is 632. The van der Waals surface area contributed by atoms with Gasteiger partial charge in [0, 0.05) is 24.4 Å². The van der Waals surface area contributed by atoms with Crippen molar-refractivity contribution in [2.45, 2.75) is 33.1 Å². The smallest absolute Gasteiger partial charge is 0.160 e. The maximum Gasteiger partial charge on any atom is 0.160 e. The fourth-order valence-corrected chi connectivity index (χ4v) is 2.04. The van der Waals surface area contributed by atoms with Crippen LogP contribution < -0.4 is 10.6 Å². The number of aromatic nitrogens is 2. The second kappa shape index (κ2) is 7.68. The van der Waals surface area contributed by atoms with Crippen molar-refractivity contribution in [3.8, 4) is 0 Å². The highest BCUT2D eigenvalue weighted by atomic mass is 19.2. The Morgan fingerprint density at radius 1 is 1.00 bits per heavy atom. The molecule has 1 aromatic carbocycles. The minimum Gasteiger partial charge on any atom is -0.370 e. The number of aryl methyl sites for hydroxylation is 1. The molecule has 2 rings (SSSR count). The van der Waals surface area contributed by atoms with E-state index < -0.39 is 11.6 Å². The zero-order chi connectivity index (χ0) is 15.9. The van der Waals surface area contributed by atoms with Crippen molar-refractivity contribution in [1.29, 1.82) is 0 Å². The Morgan fingerprint density at radius 2 is 1.77 bits per heavy atom. The molecule has 0 saturated carbocycles. The minimum absolute atomic E-state index is 0.439. The van der Waals surface area contributed by atoms with Gasteiger partial charge in [-0.25, -0.2) is 18.7 Å². The molecule has 0 unspecified atom stereocenters. The van der Waals surface area contributed by atoms with Gasteiger partial charge in [-0.3, -0.25) is 0 Å². The minimum atomic E-state index is -0.895. The van der Waals surface area contributed by atoms with E-state index in [1.165, 1.54) is 6.07 Å². The number of nitrogens with zero attached hydrogens (tertiary/aromatic N) is 2. The highest BCUT2D eigenvalue weighted by molar-refractivity contribution is 5.59. The van der Waals surface area contributed by atoms with Gasteiger partial charge in [0.1, 0.15) is 17.5 Å². The van der Waals surface area contributed by atoms with Crippen LogP contribution in [0.2, 0.25) is 0 Å². The lowest BCUT2D eigenvalue weighted by atomic mass is 10.2. The van der Waals surface area contributed by atoms with Crippen molar-refractivity contribution in [3.05, 3.63) is 41.7 Å². The Balaban J connectivity index is 2.06. The van der Waals surface area contributed by atoms with Crippen LogP contribution in [0.3, 0.4) is 0 Å². The molecule has 0 spiro atoms. The summed E-state index contributed by atoms with van der Waals surface area (Å²) in [6.45, 7) is 4.78. The third kappa shape index (κ3) is 4.65. The lowest BCUT2D eigenvalue weighted by molar-refractivity contribution is 0.509. The molecule has 0 fully saturated rings. The van der Waals surface area contributed by atoms with Crippen molar-refractivity contribution in [1.82, 2.24) is 9.97 Å². The molecule has 1 aromatic heterocycles. The first-order valence-corrected chi connectivity index (χ1v) is 7.40. The summed E-state index contributed by atoms with van der Waals surface area (Å²) in [5.41, 5.74) is 0.439. The maximum atomic E-state index is 13.2. The second-order valence-electron chi connectivity index (χ2n) is 5.07. The molecular formula is C16H20F2N4. The number of benzene rings is 1. The van der Waals surface area contributed by atoms with Crippen LogP contribution in [-0.2, 0) is 0 Å². The Morgan fingerprint density at radius 3 is 2.50 bits per heavy atom. The van der Waals surface area contributed by atoms with E-state index in [4.69, 9.17) is 0 Å². The molecule has 2 aromatic rings. The zero-order valence-corrected chi connectivity index (χ0v) is 12.8. The van der Waals surface area contributed by atoms with Gasteiger partial charge in [-0.1, -0.05) is 19.8 Å². The summed E-state index contributed by atoms with van der Waals surface area (Å²) in [4.78, 5) is 8.56. The molecule has 0 aliphatic rings. The Kier molecular flexibility index (Phi) is 5.63. The average Bonchev–Trinajstić information content (AvgIpc) is 2.47. The second-order valence-corrected chi connectivity index (χ2v) is 5.07. The van der Waals surface area contributed by atoms with Crippen LogP contribution in [0, 0.1) is 18.6 Å². The quantitative estimate of drug-likeness (QED) is 0.744. The number of anilines is 3. The molecule has 0 amide bonds. The van der Waals surface area contributed by atoms with E-state index in [1.54, 1.807) is 13.0 Å². The average molecular weight is 306 g/mol. The third-order valence-corrected chi connectivity index (χ3v) is 3.12. The number of rotatable bonds is 7. The van der Waals surface area contributed by atoms with E-state index in [0.29, 0.717) is 23.1 Å². The number of halogens is 2. The monoisotopic (exact) mass is 306 g/mol. The number of unbranched alkanes of at least 4 members (excludes halogenated alkanes) is 2. The fraction of sp³-hybridized carbons (Fsp3) is 0.375. The summed E-state index contributed by atoms with van der Waals surface area (Å²) in [7, 11) is 0. The third-order valence-electron chi connectivity index (χ3n) is 3.12. The van der Waals surface area contributed by atoms with Gasteiger partial charge in [-0.15, -0.1) is 0 Å². The Hall–Kier alpha value is -2.24. The van der Waals surface area contributed by atoms with Crippen LogP contribution in [0.5, 0.6) is 0 Å². The van der Waals surface area contributed by atoms with Gasteiger partial charge in [0.25, 0.3) is 0 Å². The Labute approximate surface area is 129 Å². The SMILES string of the molecule is CCCCCNc1cc(Nc2ccc(F)c(F)c2)nc(C)n1. The van der Waals surface area contributed by atoms with E-state index >= 15 is 0 Å². The molecule has 118 valence electrons. The number of nitrogens with one attached hydrogen (secondary N) is 2. The van der Waals surface area contributed by atoms with E-state index in [1.807, 2.05) is 0 Å². The molecule has 2 N–H and O–H groups in total. The van der Waals surface area contributed by atoms with Crippen LogP contribution >= 0.6 is 0 Å². The van der Waals surface area contributed by atoms with Crippen LogP contribution in [0.4, 0.5) is 26.1 Å². The largest absolute Gasteiger partial charge is 0.370 e. The van der Waals surface area contributed by atoms with Gasteiger partial charge in [-0.05, 0) is 25.5 Å². The van der Waals surface area contributed by atoms with Crippen molar-refractivity contribution < 1.29 is 8.78 Å². The fourth-order valence-electron chi connectivity index (χ4n) is 2.04.